The van der Waals surface area contributed by atoms with E-state index in [1.54, 1.807) is 12.1 Å². The summed E-state index contributed by atoms with van der Waals surface area (Å²) in [6.07, 6.45) is -1.82. The zero-order chi connectivity index (χ0) is 12.7. The molecule has 0 aliphatic rings. The minimum absolute atomic E-state index is 0.0306. The number of benzene rings is 1. The summed E-state index contributed by atoms with van der Waals surface area (Å²) < 4.78 is 19.9. The molecule has 0 heterocycles. The monoisotopic (exact) mass is 210 g/mol. The van der Waals surface area contributed by atoms with Gasteiger partial charge in [-0.05, 0) is 18.4 Å². The lowest BCUT2D eigenvalue weighted by molar-refractivity contribution is -0.145. The average molecular weight is 210 g/mol. The van der Waals surface area contributed by atoms with Crippen LogP contribution in [0.3, 0.4) is 0 Å². The van der Waals surface area contributed by atoms with Crippen LogP contribution in [-0.2, 0) is 16.1 Å². The first-order valence-corrected chi connectivity index (χ1v) is 4.88. The second kappa shape index (κ2) is 7.01. The molecule has 1 N–H and O–H groups in total. The largest absolute Gasteiger partial charge is 0.461 e. The van der Waals surface area contributed by atoms with Gasteiger partial charge in [0.1, 0.15) is 6.61 Å². The van der Waals surface area contributed by atoms with Gasteiger partial charge in [-0.1, -0.05) is 30.3 Å². The van der Waals surface area contributed by atoms with Crippen molar-refractivity contribution < 1.29 is 17.4 Å². The molecule has 0 fully saturated rings. The molecule has 15 heavy (non-hydrogen) atoms. The summed E-state index contributed by atoms with van der Waals surface area (Å²) in [5.74, 6) is -0.880. The van der Waals surface area contributed by atoms with E-state index in [1.165, 1.54) is 0 Å². The molecule has 0 unspecified atom stereocenters. The SMILES string of the molecule is [2H]C([2H])(CCCO)C(=O)OCc1ccccc1. The van der Waals surface area contributed by atoms with Crippen molar-refractivity contribution in [2.24, 2.45) is 0 Å². The van der Waals surface area contributed by atoms with Gasteiger partial charge in [0.2, 0.25) is 0 Å². The van der Waals surface area contributed by atoms with Crippen LogP contribution in [0.25, 0.3) is 0 Å². The van der Waals surface area contributed by atoms with Crippen LogP contribution in [0.4, 0.5) is 0 Å². The fraction of sp³-hybridized carbons (Fsp3) is 0.417. The third-order valence-corrected chi connectivity index (χ3v) is 1.82. The van der Waals surface area contributed by atoms with Gasteiger partial charge in [-0.15, -0.1) is 0 Å². The summed E-state index contributed by atoms with van der Waals surface area (Å²) >= 11 is 0. The first-order chi connectivity index (χ1) is 8.06. The summed E-state index contributed by atoms with van der Waals surface area (Å²) in [7, 11) is 0. The minimum Gasteiger partial charge on any atom is -0.461 e. The molecule has 0 radical (unpaired) electrons. The van der Waals surface area contributed by atoms with Crippen molar-refractivity contribution in [3.8, 4) is 0 Å². The van der Waals surface area contributed by atoms with E-state index in [-0.39, 0.29) is 26.1 Å². The van der Waals surface area contributed by atoms with Crippen molar-refractivity contribution in [1.82, 2.24) is 0 Å². The van der Waals surface area contributed by atoms with E-state index in [0.717, 1.165) is 5.56 Å². The Balaban J connectivity index is 2.44. The summed E-state index contributed by atoms with van der Waals surface area (Å²) in [5.41, 5.74) is 0.818. The van der Waals surface area contributed by atoms with Crippen molar-refractivity contribution in [1.29, 1.82) is 0 Å². The maximum atomic E-state index is 11.5. The van der Waals surface area contributed by atoms with Crippen molar-refractivity contribution in [2.75, 3.05) is 6.61 Å². The number of hydrogen-bond acceptors (Lipinski definition) is 3. The van der Waals surface area contributed by atoms with Gasteiger partial charge in [0.05, 0.1) is 0 Å². The van der Waals surface area contributed by atoms with Crippen molar-refractivity contribution in [3.63, 3.8) is 0 Å². The third kappa shape index (κ3) is 5.18. The van der Waals surface area contributed by atoms with Crippen molar-refractivity contribution >= 4 is 5.97 Å². The van der Waals surface area contributed by atoms with Crippen LogP contribution in [0.1, 0.15) is 27.5 Å². The average Bonchev–Trinajstić information content (AvgIpc) is 2.34. The molecule has 0 saturated carbocycles. The highest BCUT2D eigenvalue weighted by molar-refractivity contribution is 5.69. The minimum atomic E-state index is -2.03. The maximum Gasteiger partial charge on any atom is 0.306 e. The van der Waals surface area contributed by atoms with Crippen molar-refractivity contribution in [3.05, 3.63) is 35.9 Å². The molecule has 3 nitrogen and oxygen atoms in total. The number of hydrogen-bond donors (Lipinski definition) is 1. The van der Waals surface area contributed by atoms with Gasteiger partial charge in [-0.25, -0.2) is 0 Å². The Morgan fingerprint density at radius 3 is 2.73 bits per heavy atom. The fourth-order valence-electron chi connectivity index (χ4n) is 1.04. The normalized spacial score (nSPS) is 12.9. The fourth-order valence-corrected chi connectivity index (χ4v) is 1.04. The molecule has 0 amide bonds. The second-order valence-electron chi connectivity index (χ2n) is 3.07. The van der Waals surface area contributed by atoms with E-state index >= 15 is 0 Å². The van der Waals surface area contributed by atoms with E-state index in [2.05, 4.69) is 0 Å². The zero-order valence-corrected chi connectivity index (χ0v) is 8.48. The highest BCUT2D eigenvalue weighted by Crippen LogP contribution is 2.03. The Bertz CT molecular complexity index is 352. The molecule has 0 aliphatic heterocycles. The number of rotatable bonds is 6. The number of carbonyl (C=O) groups excluding carboxylic acids is 1. The molecule has 1 rings (SSSR count). The number of aliphatic hydroxyl groups is 1. The van der Waals surface area contributed by atoms with Crippen LogP contribution < -0.4 is 0 Å². The standard InChI is InChI=1S/C12H16O3/c13-9-5-4-8-12(14)15-10-11-6-2-1-3-7-11/h1-3,6-7,13H,4-5,8-10H2/i8D2. The van der Waals surface area contributed by atoms with E-state index < -0.39 is 12.3 Å². The smallest absolute Gasteiger partial charge is 0.306 e. The van der Waals surface area contributed by atoms with Crippen LogP contribution in [0, 0.1) is 0 Å². The molecule has 3 heteroatoms. The van der Waals surface area contributed by atoms with Crippen LogP contribution in [0.5, 0.6) is 0 Å². The molecule has 0 aromatic heterocycles. The number of ether oxygens (including phenoxy) is 1. The molecule has 1 aromatic carbocycles. The topological polar surface area (TPSA) is 46.5 Å². The van der Waals surface area contributed by atoms with Gasteiger partial charge in [-0.2, -0.15) is 0 Å². The Hall–Kier alpha value is -1.35. The van der Waals surface area contributed by atoms with Crippen LogP contribution in [0.15, 0.2) is 30.3 Å². The number of carbonyl (C=O) groups is 1. The molecule has 0 saturated heterocycles. The Labute approximate surface area is 92.5 Å². The Morgan fingerprint density at radius 1 is 1.33 bits per heavy atom. The second-order valence-corrected chi connectivity index (χ2v) is 3.07. The Kier molecular flexibility index (Phi) is 4.17. The first kappa shape index (κ1) is 8.92. The first-order valence-electron chi connectivity index (χ1n) is 5.88. The van der Waals surface area contributed by atoms with Gasteiger partial charge in [-0.3, -0.25) is 4.79 Å². The lowest BCUT2D eigenvalue weighted by Crippen LogP contribution is -2.04. The highest BCUT2D eigenvalue weighted by atomic mass is 16.5. The van der Waals surface area contributed by atoms with Crippen LogP contribution >= 0.6 is 0 Å². The Morgan fingerprint density at radius 2 is 2.07 bits per heavy atom. The van der Waals surface area contributed by atoms with Gasteiger partial charge >= 0.3 is 5.97 Å². The van der Waals surface area contributed by atoms with Crippen molar-refractivity contribution in [2.45, 2.75) is 25.8 Å². The molecule has 0 bridgehead atoms. The van der Waals surface area contributed by atoms with E-state index in [0.29, 0.717) is 0 Å². The van der Waals surface area contributed by atoms with Gasteiger partial charge in [0.15, 0.2) is 0 Å². The molecule has 82 valence electrons. The summed E-state index contributed by atoms with van der Waals surface area (Å²) in [6.45, 7) is -0.0657. The van der Waals surface area contributed by atoms with Gasteiger partial charge < -0.3 is 9.84 Å². The van der Waals surface area contributed by atoms with Gasteiger partial charge in [0, 0.05) is 15.7 Å². The van der Waals surface area contributed by atoms with Crippen LogP contribution in [0.2, 0.25) is 0 Å². The quantitative estimate of drug-likeness (QED) is 0.729. The summed E-state index contributed by atoms with van der Waals surface area (Å²) in [5, 5.41) is 8.60. The predicted molar refractivity (Wildman–Crippen MR) is 57.2 cm³/mol. The number of esters is 1. The molecule has 0 spiro atoms. The maximum absolute atomic E-state index is 11.5. The third-order valence-electron chi connectivity index (χ3n) is 1.82. The lowest BCUT2D eigenvalue weighted by Gasteiger charge is -2.04. The van der Waals surface area contributed by atoms with E-state index in [1.807, 2.05) is 18.2 Å². The van der Waals surface area contributed by atoms with E-state index in [4.69, 9.17) is 12.6 Å². The summed E-state index contributed by atoms with van der Waals surface area (Å²) in [6, 6.07) is 9.10. The predicted octanol–water partition coefficient (Wildman–Crippen LogP) is 1.89. The molecule has 0 atom stereocenters. The van der Waals surface area contributed by atoms with Gasteiger partial charge in [0.25, 0.3) is 0 Å². The summed E-state index contributed by atoms with van der Waals surface area (Å²) in [4.78, 5) is 11.5. The molecular weight excluding hydrogens is 192 g/mol. The van der Waals surface area contributed by atoms with Crippen LogP contribution in [-0.4, -0.2) is 17.7 Å². The number of aliphatic hydroxyl groups excluding tert-OH is 1. The van der Waals surface area contributed by atoms with E-state index in [9.17, 15) is 4.79 Å². The zero-order valence-electron chi connectivity index (χ0n) is 10.5. The molecule has 0 aliphatic carbocycles. The molecular formula is C12H16O3. The molecule has 1 aromatic rings. The highest BCUT2D eigenvalue weighted by Gasteiger charge is 2.02. The lowest BCUT2D eigenvalue weighted by atomic mass is 10.2.